The van der Waals surface area contributed by atoms with E-state index in [0.717, 1.165) is 0 Å². The average molecular weight is 440 g/mol. The van der Waals surface area contributed by atoms with E-state index >= 15 is 0 Å². The Bertz CT molecular complexity index is 926. The number of hydrogen-bond donors (Lipinski definition) is 3. The topological polar surface area (TPSA) is 113 Å². The predicted octanol–water partition coefficient (Wildman–Crippen LogP) is 3.98. The first-order valence-corrected chi connectivity index (χ1v) is 10.6. The van der Waals surface area contributed by atoms with Gasteiger partial charge in [-0.15, -0.1) is 0 Å². The van der Waals surface area contributed by atoms with Crippen molar-refractivity contribution in [2.24, 2.45) is 11.8 Å². The molecule has 3 rings (SSSR count). The SMILES string of the molecule is CC(CC=C(O)[C@@H]1[C@@H](CC(=O)O)[C@@H](O)C[C@@H]1OC(=O)c1ccccc1)Oc1ccccc1. The number of carbonyl (C=O) groups is 2. The summed E-state index contributed by atoms with van der Waals surface area (Å²) in [5, 5.41) is 30.6. The number of aliphatic hydroxyl groups excluding tert-OH is 2. The molecule has 170 valence electrons. The van der Waals surface area contributed by atoms with Gasteiger partial charge in [-0.3, -0.25) is 4.79 Å². The molecule has 3 N–H and O–H groups in total. The van der Waals surface area contributed by atoms with E-state index in [9.17, 15) is 24.9 Å². The van der Waals surface area contributed by atoms with Crippen molar-refractivity contribution in [3.8, 4) is 5.75 Å². The lowest BCUT2D eigenvalue weighted by Gasteiger charge is -2.24. The van der Waals surface area contributed by atoms with E-state index in [-0.39, 0.29) is 24.7 Å². The second kappa shape index (κ2) is 10.8. The maximum Gasteiger partial charge on any atom is 0.338 e. The molecule has 2 aromatic rings. The molecule has 0 saturated heterocycles. The monoisotopic (exact) mass is 440 g/mol. The fourth-order valence-electron chi connectivity index (χ4n) is 4.05. The molecular weight excluding hydrogens is 412 g/mol. The zero-order valence-electron chi connectivity index (χ0n) is 17.8. The Labute approximate surface area is 186 Å². The van der Waals surface area contributed by atoms with Gasteiger partial charge in [0.05, 0.1) is 35.9 Å². The number of esters is 1. The molecule has 1 saturated carbocycles. The smallest absolute Gasteiger partial charge is 0.338 e. The van der Waals surface area contributed by atoms with Crippen LogP contribution >= 0.6 is 0 Å². The number of carboxylic acids is 1. The summed E-state index contributed by atoms with van der Waals surface area (Å²) >= 11 is 0. The summed E-state index contributed by atoms with van der Waals surface area (Å²) in [6.45, 7) is 1.85. The second-order valence-corrected chi connectivity index (χ2v) is 8.01. The largest absolute Gasteiger partial charge is 0.512 e. The van der Waals surface area contributed by atoms with E-state index in [1.54, 1.807) is 36.4 Å². The summed E-state index contributed by atoms with van der Waals surface area (Å²) in [4.78, 5) is 23.9. The maximum absolute atomic E-state index is 12.5. The van der Waals surface area contributed by atoms with Crippen LogP contribution in [0.3, 0.4) is 0 Å². The number of para-hydroxylation sites is 1. The molecule has 0 radical (unpaired) electrons. The van der Waals surface area contributed by atoms with Gasteiger partial charge in [0.15, 0.2) is 0 Å². The number of hydrogen-bond acceptors (Lipinski definition) is 6. The van der Waals surface area contributed by atoms with E-state index in [4.69, 9.17) is 9.47 Å². The van der Waals surface area contributed by atoms with Crippen molar-refractivity contribution in [3.63, 3.8) is 0 Å². The molecule has 0 aromatic heterocycles. The summed E-state index contributed by atoms with van der Waals surface area (Å²) in [6, 6.07) is 17.7. The molecular formula is C25H28O7. The van der Waals surface area contributed by atoms with E-state index in [2.05, 4.69) is 0 Å². The van der Waals surface area contributed by atoms with Crippen LogP contribution in [0.25, 0.3) is 0 Å². The highest BCUT2D eigenvalue weighted by molar-refractivity contribution is 5.89. The van der Waals surface area contributed by atoms with E-state index < -0.39 is 36.0 Å². The quantitative estimate of drug-likeness (QED) is 0.399. The molecule has 0 heterocycles. The Morgan fingerprint density at radius 1 is 1.06 bits per heavy atom. The molecule has 1 aliphatic carbocycles. The lowest BCUT2D eigenvalue weighted by atomic mass is 9.88. The normalized spacial score (nSPS) is 24.0. The van der Waals surface area contributed by atoms with Crippen molar-refractivity contribution in [1.82, 2.24) is 0 Å². The van der Waals surface area contributed by atoms with Gasteiger partial charge in [0.25, 0.3) is 0 Å². The van der Waals surface area contributed by atoms with E-state index in [0.29, 0.717) is 17.7 Å². The van der Waals surface area contributed by atoms with Crippen LogP contribution in [0, 0.1) is 11.8 Å². The van der Waals surface area contributed by atoms with Crippen LogP contribution in [0.2, 0.25) is 0 Å². The zero-order valence-corrected chi connectivity index (χ0v) is 17.8. The summed E-state index contributed by atoms with van der Waals surface area (Å²) in [5.74, 6) is -2.69. The van der Waals surface area contributed by atoms with Crippen molar-refractivity contribution >= 4 is 11.9 Å². The molecule has 1 aliphatic rings. The first-order chi connectivity index (χ1) is 15.3. The van der Waals surface area contributed by atoms with E-state index in [1.807, 2.05) is 37.3 Å². The average Bonchev–Trinajstić information content (AvgIpc) is 3.07. The minimum absolute atomic E-state index is 0.0507. The van der Waals surface area contributed by atoms with Crippen molar-refractivity contribution in [2.45, 2.75) is 44.5 Å². The first kappa shape index (κ1) is 23.3. The lowest BCUT2D eigenvalue weighted by Crippen LogP contribution is -2.29. The number of aliphatic hydroxyl groups is 2. The Hall–Kier alpha value is -3.32. The second-order valence-electron chi connectivity index (χ2n) is 8.01. The van der Waals surface area contributed by atoms with Gasteiger partial charge >= 0.3 is 11.9 Å². The fourth-order valence-corrected chi connectivity index (χ4v) is 4.05. The van der Waals surface area contributed by atoms with Crippen LogP contribution in [-0.4, -0.2) is 45.6 Å². The lowest BCUT2D eigenvalue weighted by molar-refractivity contribution is -0.139. The van der Waals surface area contributed by atoms with Crippen molar-refractivity contribution < 1.29 is 34.4 Å². The number of aliphatic carboxylic acids is 1. The standard InChI is InChI=1S/C25H28O7/c1-16(31-18-10-6-3-7-11-18)12-13-20(26)24-19(14-23(28)29)21(27)15-22(24)32-25(30)17-8-4-2-5-9-17/h2-11,13,16,19,21-22,24,26-27H,12,14-15H2,1H3,(H,28,29)/t16?,19-,21-,22-,24-/m0/s1. The number of ether oxygens (including phenoxy) is 2. The molecule has 7 heteroatoms. The van der Waals surface area contributed by atoms with Crippen LogP contribution in [0.4, 0.5) is 0 Å². The summed E-state index contributed by atoms with van der Waals surface area (Å²) in [5.41, 5.74) is 0.343. The minimum atomic E-state index is -1.09. The van der Waals surface area contributed by atoms with Gasteiger partial charge in [-0.2, -0.15) is 0 Å². The molecule has 5 atom stereocenters. The van der Waals surface area contributed by atoms with Crippen molar-refractivity contribution in [1.29, 1.82) is 0 Å². The van der Waals surface area contributed by atoms with Gasteiger partial charge in [-0.1, -0.05) is 36.4 Å². The maximum atomic E-state index is 12.5. The third-order valence-electron chi connectivity index (χ3n) is 5.59. The third-order valence-corrected chi connectivity index (χ3v) is 5.59. The van der Waals surface area contributed by atoms with Crippen molar-refractivity contribution in [3.05, 3.63) is 78.1 Å². The zero-order chi connectivity index (χ0) is 23.1. The van der Waals surface area contributed by atoms with Gasteiger partial charge in [0.2, 0.25) is 0 Å². The van der Waals surface area contributed by atoms with Gasteiger partial charge in [0.1, 0.15) is 11.9 Å². The number of rotatable bonds is 9. The van der Waals surface area contributed by atoms with Gasteiger partial charge in [0, 0.05) is 18.8 Å². The molecule has 1 unspecified atom stereocenters. The highest BCUT2D eigenvalue weighted by Crippen LogP contribution is 2.41. The van der Waals surface area contributed by atoms with Gasteiger partial charge in [-0.25, -0.2) is 4.79 Å². The molecule has 7 nitrogen and oxygen atoms in total. The fraction of sp³-hybridized carbons (Fsp3) is 0.360. The summed E-state index contributed by atoms with van der Waals surface area (Å²) < 4.78 is 11.4. The van der Waals surface area contributed by atoms with Crippen LogP contribution in [0.5, 0.6) is 5.75 Å². The molecule has 1 fully saturated rings. The molecule has 0 aliphatic heterocycles. The Kier molecular flexibility index (Phi) is 7.89. The summed E-state index contributed by atoms with van der Waals surface area (Å²) in [6.07, 6.45) is -0.508. The van der Waals surface area contributed by atoms with Crippen LogP contribution in [0.15, 0.2) is 72.5 Å². The minimum Gasteiger partial charge on any atom is -0.512 e. The number of carbonyl (C=O) groups excluding carboxylic acids is 1. The number of benzene rings is 2. The number of carboxylic acid groups (broad SMARTS) is 1. The molecule has 0 bridgehead atoms. The third kappa shape index (κ3) is 6.11. The molecule has 0 amide bonds. The van der Waals surface area contributed by atoms with E-state index in [1.165, 1.54) is 0 Å². The van der Waals surface area contributed by atoms with Crippen LogP contribution < -0.4 is 4.74 Å². The van der Waals surface area contributed by atoms with Gasteiger partial charge < -0.3 is 24.8 Å². The predicted molar refractivity (Wildman–Crippen MR) is 117 cm³/mol. The van der Waals surface area contributed by atoms with Gasteiger partial charge in [-0.05, 0) is 37.3 Å². The Morgan fingerprint density at radius 3 is 2.31 bits per heavy atom. The molecule has 2 aromatic carbocycles. The Balaban J connectivity index is 1.74. The van der Waals surface area contributed by atoms with Crippen molar-refractivity contribution in [2.75, 3.05) is 0 Å². The Morgan fingerprint density at radius 2 is 1.69 bits per heavy atom. The molecule has 0 spiro atoms. The first-order valence-electron chi connectivity index (χ1n) is 10.6. The van der Waals surface area contributed by atoms with Crippen LogP contribution in [-0.2, 0) is 9.53 Å². The highest BCUT2D eigenvalue weighted by atomic mass is 16.5. The molecule has 32 heavy (non-hydrogen) atoms. The summed E-state index contributed by atoms with van der Waals surface area (Å²) in [7, 11) is 0. The van der Waals surface area contributed by atoms with Crippen LogP contribution in [0.1, 0.15) is 36.5 Å². The highest BCUT2D eigenvalue weighted by Gasteiger charge is 2.47.